The zero-order valence-corrected chi connectivity index (χ0v) is 16.7. The highest BCUT2D eigenvalue weighted by atomic mass is 32.2. The van der Waals surface area contributed by atoms with E-state index in [1.807, 2.05) is 13.0 Å². The summed E-state index contributed by atoms with van der Waals surface area (Å²) in [6, 6.07) is 12.9. The van der Waals surface area contributed by atoms with E-state index in [4.69, 9.17) is 9.47 Å². The zero-order chi connectivity index (χ0) is 20.7. The van der Waals surface area contributed by atoms with Gasteiger partial charge in [-0.2, -0.15) is 0 Å². The van der Waals surface area contributed by atoms with Crippen molar-refractivity contribution in [1.29, 1.82) is 0 Å². The van der Waals surface area contributed by atoms with E-state index in [0.717, 1.165) is 9.87 Å². The number of ether oxygens (including phenoxy) is 2. The summed E-state index contributed by atoms with van der Waals surface area (Å²) >= 11 is 0. The number of sulfonamides is 1. The second-order valence-electron chi connectivity index (χ2n) is 6.13. The number of hydrogen-bond acceptors (Lipinski definition) is 6. The SMILES string of the molecule is Cc1cccc(OCC(=O)OCC(=O)Nc2ccc(S(=O)(=O)N(C)C)cc2)c1. The molecule has 9 heteroatoms. The Hall–Kier alpha value is -2.91. The second kappa shape index (κ2) is 9.34. The molecule has 0 aliphatic carbocycles. The predicted molar refractivity (Wildman–Crippen MR) is 104 cm³/mol. The number of hydrogen-bond donors (Lipinski definition) is 1. The third-order valence-electron chi connectivity index (χ3n) is 3.63. The number of amides is 1. The van der Waals surface area contributed by atoms with Crippen LogP contribution in [0.1, 0.15) is 5.56 Å². The number of esters is 1. The van der Waals surface area contributed by atoms with Gasteiger partial charge in [-0.05, 0) is 48.9 Å². The van der Waals surface area contributed by atoms with Gasteiger partial charge < -0.3 is 14.8 Å². The average molecular weight is 406 g/mol. The molecule has 150 valence electrons. The van der Waals surface area contributed by atoms with E-state index in [-0.39, 0.29) is 11.5 Å². The average Bonchev–Trinajstić information content (AvgIpc) is 2.65. The minimum absolute atomic E-state index is 0.107. The molecular formula is C19H22N2O6S. The smallest absolute Gasteiger partial charge is 0.344 e. The van der Waals surface area contributed by atoms with Crippen LogP contribution in [0.15, 0.2) is 53.4 Å². The number of rotatable bonds is 8. The first kappa shape index (κ1) is 21.4. The van der Waals surface area contributed by atoms with Gasteiger partial charge in [-0.15, -0.1) is 0 Å². The molecule has 2 aromatic rings. The minimum Gasteiger partial charge on any atom is -0.482 e. The van der Waals surface area contributed by atoms with E-state index in [1.54, 1.807) is 18.2 Å². The molecule has 0 fully saturated rings. The molecule has 2 aromatic carbocycles. The lowest BCUT2D eigenvalue weighted by Gasteiger charge is -2.12. The Morgan fingerprint density at radius 3 is 2.32 bits per heavy atom. The number of benzene rings is 2. The summed E-state index contributed by atoms with van der Waals surface area (Å²) in [6.07, 6.45) is 0. The van der Waals surface area contributed by atoms with Crippen molar-refractivity contribution in [3.05, 3.63) is 54.1 Å². The first-order valence-corrected chi connectivity index (χ1v) is 9.80. The third-order valence-corrected chi connectivity index (χ3v) is 5.46. The summed E-state index contributed by atoms with van der Waals surface area (Å²) in [7, 11) is -0.673. The summed E-state index contributed by atoms with van der Waals surface area (Å²) in [5.74, 6) is -0.689. The fourth-order valence-electron chi connectivity index (χ4n) is 2.15. The van der Waals surface area contributed by atoms with E-state index in [9.17, 15) is 18.0 Å². The van der Waals surface area contributed by atoms with Crippen LogP contribution in [0.3, 0.4) is 0 Å². The topological polar surface area (TPSA) is 102 Å². The number of carbonyl (C=O) groups excluding carboxylic acids is 2. The van der Waals surface area contributed by atoms with Gasteiger partial charge in [-0.3, -0.25) is 4.79 Å². The van der Waals surface area contributed by atoms with Crippen molar-refractivity contribution in [3.8, 4) is 5.75 Å². The van der Waals surface area contributed by atoms with Crippen LogP contribution < -0.4 is 10.1 Å². The highest BCUT2D eigenvalue weighted by molar-refractivity contribution is 7.89. The van der Waals surface area contributed by atoms with Gasteiger partial charge in [0.05, 0.1) is 4.90 Å². The molecule has 0 aliphatic heterocycles. The summed E-state index contributed by atoms with van der Waals surface area (Å²) in [5, 5.41) is 2.52. The first-order chi connectivity index (χ1) is 13.2. The second-order valence-corrected chi connectivity index (χ2v) is 8.28. The lowest BCUT2D eigenvalue weighted by molar-refractivity contribution is -0.149. The Morgan fingerprint density at radius 2 is 1.71 bits per heavy atom. The largest absolute Gasteiger partial charge is 0.482 e. The van der Waals surface area contributed by atoms with Crippen molar-refractivity contribution < 1.29 is 27.5 Å². The van der Waals surface area contributed by atoms with E-state index < -0.39 is 28.5 Å². The van der Waals surface area contributed by atoms with E-state index in [0.29, 0.717) is 11.4 Å². The molecule has 0 saturated carbocycles. The van der Waals surface area contributed by atoms with Crippen molar-refractivity contribution in [2.24, 2.45) is 0 Å². The zero-order valence-electron chi connectivity index (χ0n) is 15.8. The maximum absolute atomic E-state index is 12.0. The Kier molecular flexibility index (Phi) is 7.13. The van der Waals surface area contributed by atoms with Gasteiger partial charge in [-0.25, -0.2) is 17.5 Å². The number of anilines is 1. The molecule has 1 amide bonds. The minimum atomic E-state index is -3.54. The molecule has 2 rings (SSSR count). The maximum atomic E-state index is 12.0. The molecule has 0 unspecified atom stereocenters. The Balaban J connectivity index is 1.80. The predicted octanol–water partition coefficient (Wildman–Crippen LogP) is 1.81. The molecule has 0 saturated heterocycles. The van der Waals surface area contributed by atoms with Crippen LogP contribution >= 0.6 is 0 Å². The number of carbonyl (C=O) groups is 2. The van der Waals surface area contributed by atoms with E-state index in [2.05, 4.69) is 5.32 Å². The first-order valence-electron chi connectivity index (χ1n) is 8.36. The fourth-order valence-corrected chi connectivity index (χ4v) is 3.05. The number of nitrogens with zero attached hydrogens (tertiary/aromatic N) is 1. The van der Waals surface area contributed by atoms with Crippen LogP contribution in [0, 0.1) is 6.92 Å². The van der Waals surface area contributed by atoms with Gasteiger partial charge >= 0.3 is 5.97 Å². The summed E-state index contributed by atoms with van der Waals surface area (Å²) in [6.45, 7) is 1.11. The molecule has 1 N–H and O–H groups in total. The number of nitrogens with one attached hydrogen (secondary N) is 1. The molecule has 0 aromatic heterocycles. The number of aryl methyl sites for hydroxylation is 1. The molecule has 0 aliphatic rings. The van der Waals surface area contributed by atoms with Crippen molar-refractivity contribution in [2.75, 3.05) is 32.6 Å². The van der Waals surface area contributed by atoms with Gasteiger partial charge in [0.15, 0.2) is 13.2 Å². The van der Waals surface area contributed by atoms with Crippen LogP contribution in [-0.4, -0.2) is 51.9 Å². The summed E-state index contributed by atoms with van der Waals surface area (Å²) in [5.41, 5.74) is 1.38. The molecule has 0 heterocycles. The van der Waals surface area contributed by atoms with E-state index in [1.165, 1.54) is 38.4 Å². The normalized spacial score (nSPS) is 11.1. The van der Waals surface area contributed by atoms with Crippen molar-refractivity contribution in [3.63, 3.8) is 0 Å². The van der Waals surface area contributed by atoms with Crippen molar-refractivity contribution in [1.82, 2.24) is 4.31 Å². The Bertz CT molecular complexity index is 939. The third kappa shape index (κ3) is 6.07. The molecule has 0 bridgehead atoms. The lowest BCUT2D eigenvalue weighted by atomic mass is 10.2. The standard InChI is InChI=1S/C19H22N2O6S/c1-14-5-4-6-16(11-14)26-13-19(23)27-12-18(22)20-15-7-9-17(10-8-15)28(24,25)21(2)3/h4-11H,12-13H2,1-3H3,(H,20,22). The highest BCUT2D eigenvalue weighted by Crippen LogP contribution is 2.16. The lowest BCUT2D eigenvalue weighted by Crippen LogP contribution is -2.24. The fraction of sp³-hybridized carbons (Fsp3) is 0.263. The van der Waals surface area contributed by atoms with Gasteiger partial charge in [0.2, 0.25) is 10.0 Å². The summed E-state index contributed by atoms with van der Waals surface area (Å²) in [4.78, 5) is 23.7. The van der Waals surface area contributed by atoms with Crippen LogP contribution in [0.5, 0.6) is 5.75 Å². The molecular weight excluding hydrogens is 384 g/mol. The summed E-state index contributed by atoms with van der Waals surface area (Å²) < 4.78 is 35.2. The molecule has 28 heavy (non-hydrogen) atoms. The van der Waals surface area contributed by atoms with Crippen LogP contribution in [-0.2, 0) is 24.3 Å². The van der Waals surface area contributed by atoms with Crippen molar-refractivity contribution >= 4 is 27.6 Å². The quantitative estimate of drug-likeness (QED) is 0.671. The van der Waals surface area contributed by atoms with Gasteiger partial charge in [0, 0.05) is 19.8 Å². The van der Waals surface area contributed by atoms with Crippen molar-refractivity contribution in [2.45, 2.75) is 11.8 Å². The molecule has 0 radical (unpaired) electrons. The molecule has 8 nitrogen and oxygen atoms in total. The van der Waals surface area contributed by atoms with Gasteiger partial charge in [-0.1, -0.05) is 12.1 Å². The highest BCUT2D eigenvalue weighted by Gasteiger charge is 2.17. The maximum Gasteiger partial charge on any atom is 0.344 e. The van der Waals surface area contributed by atoms with Crippen LogP contribution in [0.25, 0.3) is 0 Å². The molecule has 0 spiro atoms. The van der Waals surface area contributed by atoms with Crippen LogP contribution in [0.4, 0.5) is 5.69 Å². The van der Waals surface area contributed by atoms with Crippen LogP contribution in [0.2, 0.25) is 0 Å². The van der Waals surface area contributed by atoms with Gasteiger partial charge in [0.1, 0.15) is 5.75 Å². The monoisotopic (exact) mass is 406 g/mol. The Labute approximate surface area is 164 Å². The van der Waals surface area contributed by atoms with E-state index >= 15 is 0 Å². The molecule has 0 atom stereocenters. The van der Waals surface area contributed by atoms with Gasteiger partial charge in [0.25, 0.3) is 5.91 Å². The Morgan fingerprint density at radius 1 is 1.04 bits per heavy atom.